The normalized spacial score (nSPS) is 13.6. The Morgan fingerprint density at radius 2 is 2.00 bits per heavy atom. The molecule has 0 radical (unpaired) electrons. The minimum atomic E-state index is -0.416. The zero-order valence-electron chi connectivity index (χ0n) is 19.1. The van der Waals surface area contributed by atoms with Gasteiger partial charge in [-0.3, -0.25) is 14.4 Å². The third kappa shape index (κ3) is 5.13. The minimum absolute atomic E-state index is 0.0917. The first-order valence-corrected chi connectivity index (χ1v) is 12.4. The summed E-state index contributed by atoms with van der Waals surface area (Å²) in [5, 5.41) is 7.64. The van der Waals surface area contributed by atoms with Gasteiger partial charge in [0.15, 0.2) is 0 Å². The summed E-state index contributed by atoms with van der Waals surface area (Å²) in [6, 6.07) is 10.2. The number of furan rings is 1. The summed E-state index contributed by atoms with van der Waals surface area (Å²) in [4.78, 5) is 41.7. The molecule has 0 atom stereocenters. The second-order valence-corrected chi connectivity index (χ2v) is 9.85. The molecular formula is C24H22ClN5O5S. The monoisotopic (exact) mass is 527 g/mol. The van der Waals surface area contributed by atoms with E-state index in [0.29, 0.717) is 54.3 Å². The van der Waals surface area contributed by atoms with Gasteiger partial charge in [0.1, 0.15) is 24.3 Å². The molecule has 0 bridgehead atoms. The molecule has 0 spiro atoms. The van der Waals surface area contributed by atoms with Gasteiger partial charge in [0.25, 0.3) is 11.5 Å². The highest BCUT2D eigenvalue weighted by Crippen LogP contribution is 2.25. The lowest BCUT2D eigenvalue weighted by atomic mass is 10.2. The fourth-order valence-corrected chi connectivity index (χ4v) is 4.87. The molecule has 1 fully saturated rings. The van der Waals surface area contributed by atoms with Crippen molar-refractivity contribution in [2.45, 2.75) is 13.1 Å². The van der Waals surface area contributed by atoms with Crippen molar-refractivity contribution >= 4 is 40.6 Å². The topological polar surface area (TPSA) is 112 Å². The molecule has 0 unspecified atom stereocenters. The van der Waals surface area contributed by atoms with Crippen LogP contribution in [0.4, 0.5) is 5.82 Å². The fraction of sp³-hybridized carbons (Fsp3) is 0.250. The largest absolute Gasteiger partial charge is 0.472 e. The van der Waals surface area contributed by atoms with Crippen LogP contribution in [0, 0.1) is 0 Å². The van der Waals surface area contributed by atoms with Crippen LogP contribution in [0.2, 0.25) is 4.34 Å². The number of morpholine rings is 1. The lowest BCUT2D eigenvalue weighted by Crippen LogP contribution is -2.43. The number of aromatic nitrogens is 3. The SMILES string of the molecule is O=C(Cn1cccc(-c2cc(NCc3ccc(Cl)s3)n(C(=O)c3ccoc3)n2)c1=O)N1CCOCC1. The van der Waals surface area contributed by atoms with Crippen LogP contribution in [0.25, 0.3) is 11.3 Å². The van der Waals surface area contributed by atoms with E-state index in [1.54, 1.807) is 41.4 Å². The Kier molecular flexibility index (Phi) is 7.03. The summed E-state index contributed by atoms with van der Waals surface area (Å²) < 4.78 is 13.6. The second kappa shape index (κ2) is 10.5. The van der Waals surface area contributed by atoms with Crippen LogP contribution in [0.1, 0.15) is 15.2 Å². The molecule has 0 aromatic carbocycles. The number of halogens is 1. The molecule has 10 nitrogen and oxygen atoms in total. The second-order valence-electron chi connectivity index (χ2n) is 8.05. The molecule has 186 valence electrons. The Morgan fingerprint density at radius 3 is 2.72 bits per heavy atom. The summed E-state index contributed by atoms with van der Waals surface area (Å²) in [7, 11) is 0. The summed E-state index contributed by atoms with van der Waals surface area (Å²) in [5.41, 5.74) is 0.509. The molecule has 4 aromatic rings. The highest BCUT2D eigenvalue weighted by atomic mass is 35.5. The average Bonchev–Trinajstić information content (AvgIpc) is 3.65. The number of anilines is 1. The molecule has 5 heterocycles. The summed E-state index contributed by atoms with van der Waals surface area (Å²) in [6.07, 6.45) is 4.30. The molecule has 1 aliphatic rings. The highest BCUT2D eigenvalue weighted by molar-refractivity contribution is 7.16. The molecule has 1 aliphatic heterocycles. The lowest BCUT2D eigenvalue weighted by Gasteiger charge is -2.27. The van der Waals surface area contributed by atoms with Gasteiger partial charge in [-0.25, -0.2) is 0 Å². The number of rotatable bonds is 7. The number of ether oxygens (including phenoxy) is 1. The molecule has 12 heteroatoms. The van der Waals surface area contributed by atoms with E-state index < -0.39 is 5.91 Å². The lowest BCUT2D eigenvalue weighted by molar-refractivity contribution is -0.135. The Morgan fingerprint density at radius 1 is 1.17 bits per heavy atom. The van der Waals surface area contributed by atoms with Gasteiger partial charge < -0.3 is 23.9 Å². The molecule has 1 N–H and O–H groups in total. The number of carbonyl (C=O) groups excluding carboxylic acids is 2. The van der Waals surface area contributed by atoms with E-state index in [1.807, 2.05) is 6.07 Å². The van der Waals surface area contributed by atoms with Gasteiger partial charge in [0.05, 0.1) is 41.5 Å². The van der Waals surface area contributed by atoms with Crippen molar-refractivity contribution in [3.05, 3.63) is 80.3 Å². The Labute approximate surface area is 214 Å². The number of pyridine rings is 1. The smallest absolute Gasteiger partial charge is 0.283 e. The molecule has 1 saturated heterocycles. The van der Waals surface area contributed by atoms with Crippen LogP contribution in [0.3, 0.4) is 0 Å². The quantitative estimate of drug-likeness (QED) is 0.393. The van der Waals surface area contributed by atoms with Crippen LogP contribution >= 0.6 is 22.9 Å². The zero-order chi connectivity index (χ0) is 25.1. The van der Waals surface area contributed by atoms with Crippen molar-refractivity contribution < 1.29 is 18.7 Å². The predicted octanol–water partition coefficient (Wildman–Crippen LogP) is 3.18. The van der Waals surface area contributed by atoms with Crippen molar-refractivity contribution in [3.8, 4) is 11.3 Å². The number of carbonyl (C=O) groups is 2. The van der Waals surface area contributed by atoms with Gasteiger partial charge in [-0.05, 0) is 30.3 Å². The molecule has 36 heavy (non-hydrogen) atoms. The maximum Gasteiger partial charge on any atom is 0.283 e. The Hall–Kier alpha value is -3.67. The van der Waals surface area contributed by atoms with Crippen LogP contribution in [0.15, 0.2) is 64.3 Å². The van der Waals surface area contributed by atoms with Crippen molar-refractivity contribution in [2.75, 3.05) is 31.6 Å². The predicted molar refractivity (Wildman–Crippen MR) is 134 cm³/mol. The van der Waals surface area contributed by atoms with E-state index in [9.17, 15) is 14.4 Å². The van der Waals surface area contributed by atoms with Crippen molar-refractivity contribution in [1.82, 2.24) is 19.2 Å². The summed E-state index contributed by atoms with van der Waals surface area (Å²) >= 11 is 7.45. The van der Waals surface area contributed by atoms with Crippen molar-refractivity contribution in [1.29, 1.82) is 0 Å². The van der Waals surface area contributed by atoms with E-state index >= 15 is 0 Å². The molecule has 0 aliphatic carbocycles. The number of amides is 1. The third-order valence-corrected chi connectivity index (χ3v) is 6.94. The van der Waals surface area contributed by atoms with Gasteiger partial charge in [-0.15, -0.1) is 11.3 Å². The molecule has 0 saturated carbocycles. The van der Waals surface area contributed by atoms with Gasteiger partial charge in [-0.1, -0.05) is 11.6 Å². The van der Waals surface area contributed by atoms with Gasteiger partial charge in [0.2, 0.25) is 5.91 Å². The number of hydrogen-bond donors (Lipinski definition) is 1. The number of nitrogens with zero attached hydrogens (tertiary/aromatic N) is 4. The molecule has 1 amide bonds. The molecule has 4 aromatic heterocycles. The van der Waals surface area contributed by atoms with Gasteiger partial charge >= 0.3 is 0 Å². The van der Waals surface area contributed by atoms with Crippen LogP contribution in [0.5, 0.6) is 0 Å². The van der Waals surface area contributed by atoms with E-state index in [0.717, 1.165) is 4.88 Å². The zero-order valence-corrected chi connectivity index (χ0v) is 20.6. The fourth-order valence-electron chi connectivity index (χ4n) is 3.84. The van der Waals surface area contributed by atoms with E-state index in [-0.39, 0.29) is 23.6 Å². The minimum Gasteiger partial charge on any atom is -0.472 e. The first-order chi connectivity index (χ1) is 17.5. The standard InChI is InChI=1S/C24H22ClN5O5S/c25-20-4-3-17(36-20)13-26-21-12-19(27-30(21)23(32)16-5-9-35-15-16)18-2-1-6-29(24(18)33)14-22(31)28-7-10-34-11-8-28/h1-6,9,12,15,26H,7-8,10-11,13-14H2. The van der Waals surface area contributed by atoms with Crippen molar-refractivity contribution in [2.24, 2.45) is 0 Å². The third-order valence-electron chi connectivity index (χ3n) is 5.71. The summed E-state index contributed by atoms with van der Waals surface area (Å²) in [6.45, 7) is 2.28. The van der Waals surface area contributed by atoms with Crippen LogP contribution < -0.4 is 10.9 Å². The number of nitrogens with one attached hydrogen (secondary N) is 1. The number of thiophene rings is 1. The average molecular weight is 528 g/mol. The van der Waals surface area contributed by atoms with E-state index in [2.05, 4.69) is 10.4 Å². The first-order valence-electron chi connectivity index (χ1n) is 11.2. The van der Waals surface area contributed by atoms with Crippen molar-refractivity contribution in [3.63, 3.8) is 0 Å². The van der Waals surface area contributed by atoms with Crippen LogP contribution in [-0.4, -0.2) is 57.4 Å². The van der Waals surface area contributed by atoms with Gasteiger partial charge in [-0.2, -0.15) is 9.78 Å². The Balaban J connectivity index is 1.45. The van der Waals surface area contributed by atoms with E-state index in [4.69, 9.17) is 20.8 Å². The first kappa shape index (κ1) is 24.0. The maximum absolute atomic E-state index is 13.3. The number of hydrogen-bond acceptors (Lipinski definition) is 8. The maximum atomic E-state index is 13.3. The molecule has 5 rings (SSSR count). The Bertz CT molecular complexity index is 1440. The van der Waals surface area contributed by atoms with Crippen LogP contribution in [-0.2, 0) is 22.6 Å². The molecular weight excluding hydrogens is 506 g/mol. The van der Waals surface area contributed by atoms with E-state index in [1.165, 1.54) is 33.1 Å². The van der Waals surface area contributed by atoms with Gasteiger partial charge in [0, 0.05) is 30.2 Å². The highest BCUT2D eigenvalue weighted by Gasteiger charge is 2.21. The summed E-state index contributed by atoms with van der Waals surface area (Å²) in [5.74, 6) is -0.171.